The molecule has 2 rings (SSSR count). The highest BCUT2D eigenvalue weighted by atomic mass is 16.5. The monoisotopic (exact) mass is 477 g/mol. The summed E-state index contributed by atoms with van der Waals surface area (Å²) in [7, 11) is 0. The number of aromatic nitrogens is 2. The molecule has 3 atom stereocenters. The summed E-state index contributed by atoms with van der Waals surface area (Å²) in [6.07, 6.45) is -0.00257. The number of rotatable bonds is 13. The molecule has 0 bridgehead atoms. The number of hydrogen-bond acceptors (Lipinski definition) is 9. The molecule has 1 aromatic heterocycles. The molecule has 34 heavy (non-hydrogen) atoms. The van der Waals surface area contributed by atoms with Crippen molar-refractivity contribution in [1.82, 2.24) is 20.8 Å². The molecular weight excluding hydrogens is 450 g/mol. The molecule has 1 heterocycles. The number of carboxylic acids is 1. The highest BCUT2D eigenvalue weighted by molar-refractivity contribution is 5.83. The predicted molar refractivity (Wildman–Crippen MR) is 116 cm³/mol. The standard InChI is InChI=1S/C20H27N7O7/c21-12(5-7-15(22)29)17-26-18(34-27-17)13(6-8-16(23)30)24-20(33)25-14(19(31)32)9-10-1-3-11(28)4-2-10/h1-4,12-14,28H,5-9,21H2,(H2,22,29)(H2,23,30)(H,31,32)(H2,24,25,33)/t12-,13-,14-/m0/s1. The maximum Gasteiger partial charge on any atom is 0.326 e. The Morgan fingerprint density at radius 2 is 1.62 bits per heavy atom. The Balaban J connectivity index is 2.09. The van der Waals surface area contributed by atoms with Crippen LogP contribution in [0.1, 0.15) is 55.0 Å². The van der Waals surface area contributed by atoms with Crippen LogP contribution in [-0.2, 0) is 20.8 Å². The number of urea groups is 1. The Hall–Kier alpha value is -4.20. The van der Waals surface area contributed by atoms with Crippen LogP contribution >= 0.6 is 0 Å². The van der Waals surface area contributed by atoms with E-state index in [-0.39, 0.29) is 49.6 Å². The van der Waals surface area contributed by atoms with Crippen LogP contribution in [0.5, 0.6) is 5.75 Å². The molecule has 1 aromatic carbocycles. The molecule has 0 saturated heterocycles. The molecule has 4 amide bonds. The molecule has 0 radical (unpaired) electrons. The Morgan fingerprint density at radius 3 is 2.21 bits per heavy atom. The van der Waals surface area contributed by atoms with Crippen molar-refractivity contribution in [2.75, 3.05) is 0 Å². The van der Waals surface area contributed by atoms with Crippen molar-refractivity contribution >= 4 is 23.8 Å². The van der Waals surface area contributed by atoms with Gasteiger partial charge in [-0.15, -0.1) is 0 Å². The molecule has 0 spiro atoms. The summed E-state index contributed by atoms with van der Waals surface area (Å²) >= 11 is 0. The lowest BCUT2D eigenvalue weighted by Gasteiger charge is -2.19. The summed E-state index contributed by atoms with van der Waals surface area (Å²) in [5.41, 5.74) is 16.8. The highest BCUT2D eigenvalue weighted by Gasteiger charge is 2.26. The average molecular weight is 477 g/mol. The SMILES string of the molecule is NC(=O)CC[C@H](NC(=O)N[C@@H](Cc1ccc(O)cc1)C(=O)O)c1nc([C@@H](N)CCC(N)=O)no1. The van der Waals surface area contributed by atoms with Crippen LogP contribution in [0, 0.1) is 0 Å². The molecule has 0 fully saturated rings. The summed E-state index contributed by atoms with van der Waals surface area (Å²) in [6, 6.07) is 1.98. The van der Waals surface area contributed by atoms with E-state index in [4.69, 9.17) is 21.7 Å². The Kier molecular flexibility index (Phi) is 9.31. The summed E-state index contributed by atoms with van der Waals surface area (Å²) in [6.45, 7) is 0. The molecule has 0 unspecified atom stereocenters. The van der Waals surface area contributed by atoms with Crippen molar-refractivity contribution in [2.24, 2.45) is 17.2 Å². The topological polar surface area (TPSA) is 250 Å². The fourth-order valence-corrected chi connectivity index (χ4v) is 2.94. The molecule has 184 valence electrons. The summed E-state index contributed by atoms with van der Waals surface area (Å²) in [5, 5.41) is 27.4. The number of primary amides is 2. The van der Waals surface area contributed by atoms with E-state index < -0.39 is 41.9 Å². The second-order valence-corrected chi connectivity index (χ2v) is 7.54. The minimum Gasteiger partial charge on any atom is -0.508 e. The first kappa shape index (κ1) is 26.1. The van der Waals surface area contributed by atoms with E-state index in [0.717, 1.165) is 0 Å². The van der Waals surface area contributed by atoms with Crippen LogP contribution in [0.3, 0.4) is 0 Å². The number of benzene rings is 1. The largest absolute Gasteiger partial charge is 0.508 e. The maximum atomic E-state index is 12.5. The molecular formula is C20H27N7O7. The zero-order chi connectivity index (χ0) is 25.3. The van der Waals surface area contributed by atoms with Gasteiger partial charge in [0.05, 0.1) is 6.04 Å². The molecule has 2 aromatic rings. The van der Waals surface area contributed by atoms with Crippen LogP contribution in [0.2, 0.25) is 0 Å². The molecule has 0 saturated carbocycles. The maximum absolute atomic E-state index is 12.5. The number of phenols is 1. The third-order valence-electron chi connectivity index (χ3n) is 4.75. The molecule has 0 aliphatic rings. The molecule has 0 aliphatic carbocycles. The number of carbonyl (C=O) groups excluding carboxylic acids is 3. The van der Waals surface area contributed by atoms with Gasteiger partial charge in [-0.05, 0) is 30.5 Å². The number of aromatic hydroxyl groups is 1. The van der Waals surface area contributed by atoms with Gasteiger partial charge >= 0.3 is 12.0 Å². The third-order valence-corrected chi connectivity index (χ3v) is 4.75. The minimum absolute atomic E-state index is 0.00336. The molecule has 0 aliphatic heterocycles. The van der Waals surface area contributed by atoms with Crippen molar-refractivity contribution in [3.63, 3.8) is 0 Å². The first-order valence-corrected chi connectivity index (χ1v) is 10.3. The van der Waals surface area contributed by atoms with Gasteiger partial charge in [0.1, 0.15) is 17.8 Å². The van der Waals surface area contributed by atoms with Gasteiger partial charge in [-0.3, -0.25) is 9.59 Å². The first-order valence-electron chi connectivity index (χ1n) is 10.3. The fourth-order valence-electron chi connectivity index (χ4n) is 2.94. The predicted octanol–water partition coefficient (Wildman–Crippen LogP) is -0.658. The molecule has 10 N–H and O–H groups in total. The van der Waals surface area contributed by atoms with E-state index >= 15 is 0 Å². The summed E-state index contributed by atoms with van der Waals surface area (Å²) in [5.74, 6) is -2.45. The number of nitrogens with two attached hydrogens (primary N) is 3. The Morgan fingerprint density at radius 1 is 1.00 bits per heavy atom. The van der Waals surface area contributed by atoms with Crippen LogP contribution in [0.4, 0.5) is 4.79 Å². The lowest BCUT2D eigenvalue weighted by Crippen LogP contribution is -2.48. The number of carbonyl (C=O) groups is 4. The molecule has 14 heteroatoms. The number of amides is 4. The van der Waals surface area contributed by atoms with Crippen molar-refractivity contribution in [1.29, 1.82) is 0 Å². The van der Waals surface area contributed by atoms with Crippen molar-refractivity contribution in [2.45, 2.75) is 50.2 Å². The zero-order valence-corrected chi connectivity index (χ0v) is 18.1. The minimum atomic E-state index is -1.29. The second kappa shape index (κ2) is 12.2. The van der Waals surface area contributed by atoms with Gasteiger partial charge in [0, 0.05) is 19.3 Å². The van der Waals surface area contributed by atoms with Gasteiger partial charge in [-0.25, -0.2) is 9.59 Å². The normalized spacial score (nSPS) is 13.4. The van der Waals surface area contributed by atoms with E-state index in [1.54, 1.807) is 0 Å². The number of nitrogens with zero attached hydrogens (tertiary/aromatic N) is 2. The lowest BCUT2D eigenvalue weighted by atomic mass is 10.1. The second-order valence-electron chi connectivity index (χ2n) is 7.54. The lowest BCUT2D eigenvalue weighted by molar-refractivity contribution is -0.139. The first-order chi connectivity index (χ1) is 16.0. The van der Waals surface area contributed by atoms with Crippen LogP contribution in [-0.4, -0.2) is 50.2 Å². The van der Waals surface area contributed by atoms with E-state index in [9.17, 15) is 29.4 Å². The van der Waals surface area contributed by atoms with Crippen molar-refractivity contribution in [3.05, 3.63) is 41.5 Å². The van der Waals surface area contributed by atoms with E-state index in [2.05, 4.69) is 20.8 Å². The number of phenolic OH excluding ortho intramolecular Hbond substituents is 1. The number of carboxylic acid groups (broad SMARTS) is 1. The summed E-state index contributed by atoms with van der Waals surface area (Å²) < 4.78 is 5.16. The number of hydrogen-bond donors (Lipinski definition) is 7. The smallest absolute Gasteiger partial charge is 0.326 e. The van der Waals surface area contributed by atoms with E-state index in [1.807, 2.05) is 0 Å². The van der Waals surface area contributed by atoms with Gasteiger partial charge < -0.3 is 42.6 Å². The fraction of sp³-hybridized carbons (Fsp3) is 0.400. The van der Waals surface area contributed by atoms with Gasteiger partial charge in [0.15, 0.2) is 5.82 Å². The van der Waals surface area contributed by atoms with Crippen molar-refractivity contribution in [3.8, 4) is 5.75 Å². The van der Waals surface area contributed by atoms with Crippen molar-refractivity contribution < 1.29 is 33.9 Å². The molecule has 14 nitrogen and oxygen atoms in total. The van der Waals surface area contributed by atoms with Gasteiger partial charge in [-0.1, -0.05) is 17.3 Å². The third kappa shape index (κ3) is 8.38. The van der Waals surface area contributed by atoms with Crippen LogP contribution in [0.15, 0.2) is 28.8 Å². The van der Waals surface area contributed by atoms with Gasteiger partial charge in [0.2, 0.25) is 17.7 Å². The van der Waals surface area contributed by atoms with E-state index in [0.29, 0.717) is 5.56 Å². The number of nitrogens with one attached hydrogen (secondary N) is 2. The van der Waals surface area contributed by atoms with Gasteiger partial charge in [0.25, 0.3) is 0 Å². The zero-order valence-electron chi connectivity index (χ0n) is 18.1. The van der Waals surface area contributed by atoms with Crippen LogP contribution < -0.4 is 27.8 Å². The average Bonchev–Trinajstić information content (AvgIpc) is 3.26. The van der Waals surface area contributed by atoms with Crippen LogP contribution in [0.25, 0.3) is 0 Å². The highest BCUT2D eigenvalue weighted by Crippen LogP contribution is 2.20. The number of aliphatic carboxylic acids is 1. The summed E-state index contributed by atoms with van der Waals surface area (Å²) in [4.78, 5) is 50.5. The Bertz CT molecular complexity index is 1010. The quantitative estimate of drug-likeness (QED) is 0.192. The van der Waals surface area contributed by atoms with Gasteiger partial charge in [-0.2, -0.15) is 4.98 Å². The van der Waals surface area contributed by atoms with E-state index in [1.165, 1.54) is 24.3 Å². The Labute approximate surface area is 193 Å².